The Balaban J connectivity index is 1.50. The minimum absolute atomic E-state index is 0.0628. The molecule has 2 bridgehead atoms. The first kappa shape index (κ1) is 21.1. The lowest BCUT2D eigenvalue weighted by Crippen LogP contribution is -2.30. The molecule has 5 rings (SSSR count). The molecule has 0 spiro atoms. The molecule has 2 aromatic carbocycles. The van der Waals surface area contributed by atoms with Gasteiger partial charge in [0.05, 0.1) is 29.6 Å². The molecule has 9 heteroatoms. The van der Waals surface area contributed by atoms with Gasteiger partial charge in [0.2, 0.25) is 0 Å². The molecule has 168 valence electrons. The highest BCUT2D eigenvalue weighted by atomic mass is 32.2. The number of aryl methyl sites for hydroxylation is 1. The quantitative estimate of drug-likeness (QED) is 0.597. The molecule has 0 amide bonds. The van der Waals surface area contributed by atoms with E-state index in [9.17, 15) is 8.60 Å². The van der Waals surface area contributed by atoms with Crippen LogP contribution in [0.2, 0.25) is 0 Å². The highest BCUT2D eigenvalue weighted by Gasteiger charge is 2.42. The number of ether oxygens (including phenoxy) is 2. The third-order valence-electron chi connectivity index (χ3n) is 5.81. The van der Waals surface area contributed by atoms with E-state index < -0.39 is 9.73 Å². The fourth-order valence-corrected chi connectivity index (χ4v) is 5.13. The van der Waals surface area contributed by atoms with Crippen LogP contribution in [0.25, 0.3) is 10.9 Å². The molecule has 0 unspecified atom stereocenters. The summed E-state index contributed by atoms with van der Waals surface area (Å²) in [5.74, 6) is 1.16. The lowest BCUT2D eigenvalue weighted by Gasteiger charge is -2.25. The van der Waals surface area contributed by atoms with Crippen molar-refractivity contribution >= 4 is 37.8 Å². The van der Waals surface area contributed by atoms with E-state index in [1.54, 1.807) is 24.6 Å². The van der Waals surface area contributed by atoms with Gasteiger partial charge >= 0.3 is 0 Å². The van der Waals surface area contributed by atoms with Crippen molar-refractivity contribution in [3.63, 3.8) is 0 Å². The Hall–Kier alpha value is -2.78. The minimum Gasteiger partial charge on any atom is -0.485 e. The highest BCUT2D eigenvalue weighted by molar-refractivity contribution is 7.92. The van der Waals surface area contributed by atoms with Crippen molar-refractivity contribution in [2.24, 2.45) is 10.3 Å². The number of aromatic nitrogens is 2. The normalized spacial score (nSPS) is 22.3. The largest absolute Gasteiger partial charge is 0.485 e. The number of nitrogens with zero attached hydrogens (tertiary/aromatic N) is 3. The Morgan fingerprint density at radius 3 is 2.78 bits per heavy atom. The average molecular weight is 457 g/mol. The monoisotopic (exact) mass is 456 g/mol. The SMILES string of the molecule is Cc1cc(N=S(C)(C)=O)cc2ncnc(Nc3ccc(F)cc3O[C@H]3C[C@@H]4CO[C@H]3C4)c12. The standard InChI is InChI=1S/C23H25FN4O3S/c1-13-6-16(28-32(2,3)29)10-18-22(13)23(26-12-25-18)27-17-5-4-15(24)9-19(17)31-21-8-14-7-20(21)30-11-14/h4-6,9-10,12,14,20-21H,7-8,11H2,1-3H3,(H,25,26,27)/t14-,20+,21+/m1/s1. The van der Waals surface area contributed by atoms with Crippen LogP contribution in [-0.4, -0.2) is 45.5 Å². The summed E-state index contributed by atoms with van der Waals surface area (Å²) in [4.78, 5) is 8.79. The summed E-state index contributed by atoms with van der Waals surface area (Å²) in [5, 5.41) is 4.11. The van der Waals surface area contributed by atoms with Crippen molar-refractivity contribution in [2.75, 3.05) is 24.4 Å². The van der Waals surface area contributed by atoms with Gasteiger partial charge in [0.25, 0.3) is 0 Å². The van der Waals surface area contributed by atoms with Crippen LogP contribution < -0.4 is 10.1 Å². The molecule has 2 heterocycles. The second-order valence-electron chi connectivity index (χ2n) is 8.78. The van der Waals surface area contributed by atoms with E-state index in [1.807, 2.05) is 13.0 Å². The molecule has 1 saturated heterocycles. The van der Waals surface area contributed by atoms with Crippen LogP contribution in [0.3, 0.4) is 0 Å². The fourth-order valence-electron chi connectivity index (χ4n) is 4.51. The van der Waals surface area contributed by atoms with E-state index in [0.29, 0.717) is 34.4 Å². The van der Waals surface area contributed by atoms with Crippen LogP contribution in [0.4, 0.5) is 21.6 Å². The predicted molar refractivity (Wildman–Crippen MR) is 123 cm³/mol. The first-order valence-corrected chi connectivity index (χ1v) is 12.9. The number of hydrogen-bond donors (Lipinski definition) is 1. The van der Waals surface area contributed by atoms with Crippen LogP contribution in [0.1, 0.15) is 18.4 Å². The number of halogens is 1. The van der Waals surface area contributed by atoms with Crippen LogP contribution in [-0.2, 0) is 14.5 Å². The topological polar surface area (TPSA) is 85.7 Å². The Morgan fingerprint density at radius 2 is 2.06 bits per heavy atom. The first-order valence-electron chi connectivity index (χ1n) is 10.5. The average Bonchev–Trinajstić information content (AvgIpc) is 3.32. The van der Waals surface area contributed by atoms with Gasteiger partial charge in [-0.15, -0.1) is 0 Å². The maximum Gasteiger partial charge on any atom is 0.146 e. The maximum absolute atomic E-state index is 14.0. The molecule has 1 aromatic heterocycles. The second-order valence-corrected chi connectivity index (χ2v) is 11.3. The van der Waals surface area contributed by atoms with Gasteiger partial charge in [0, 0.05) is 33.7 Å². The molecule has 3 atom stereocenters. The van der Waals surface area contributed by atoms with Crippen molar-refractivity contribution in [1.82, 2.24) is 9.97 Å². The second kappa shape index (κ2) is 7.97. The highest BCUT2D eigenvalue weighted by Crippen LogP contribution is 2.40. The van der Waals surface area contributed by atoms with E-state index in [4.69, 9.17) is 9.47 Å². The molecule has 2 fully saturated rings. The van der Waals surface area contributed by atoms with Crippen LogP contribution >= 0.6 is 0 Å². The molecular weight excluding hydrogens is 431 g/mol. The van der Waals surface area contributed by atoms with Gasteiger partial charge < -0.3 is 14.8 Å². The summed E-state index contributed by atoms with van der Waals surface area (Å²) in [5.41, 5.74) is 2.79. The van der Waals surface area contributed by atoms with Gasteiger partial charge in [0.15, 0.2) is 0 Å². The Kier molecular flexibility index (Phi) is 5.25. The van der Waals surface area contributed by atoms with E-state index in [1.165, 1.54) is 18.5 Å². The van der Waals surface area contributed by atoms with Crippen molar-refractivity contribution in [2.45, 2.75) is 32.0 Å². The summed E-state index contributed by atoms with van der Waals surface area (Å²) in [6.07, 6.45) is 6.54. The molecule has 1 aliphatic heterocycles. The Bertz CT molecular complexity index is 1310. The number of nitrogens with one attached hydrogen (secondary N) is 1. The van der Waals surface area contributed by atoms with Gasteiger partial charge in [0.1, 0.15) is 29.8 Å². The molecule has 1 N–H and O–H groups in total. The summed E-state index contributed by atoms with van der Waals surface area (Å²) >= 11 is 0. The van der Waals surface area contributed by atoms with Gasteiger partial charge in [-0.25, -0.2) is 18.6 Å². The van der Waals surface area contributed by atoms with E-state index in [-0.39, 0.29) is 18.0 Å². The summed E-state index contributed by atoms with van der Waals surface area (Å²) in [6.45, 7) is 2.71. The van der Waals surface area contributed by atoms with E-state index in [0.717, 1.165) is 30.4 Å². The first-order chi connectivity index (χ1) is 15.2. The van der Waals surface area contributed by atoms with Gasteiger partial charge in [-0.2, -0.15) is 4.36 Å². The fraction of sp³-hybridized carbons (Fsp3) is 0.391. The maximum atomic E-state index is 14.0. The van der Waals surface area contributed by atoms with Gasteiger partial charge in [-0.05, 0) is 55.5 Å². The predicted octanol–water partition coefficient (Wildman–Crippen LogP) is 4.74. The molecule has 1 aliphatic carbocycles. The summed E-state index contributed by atoms with van der Waals surface area (Å²) in [6, 6.07) is 8.07. The molecule has 2 aliphatic rings. The number of hydrogen-bond acceptors (Lipinski definition) is 7. The zero-order valence-electron chi connectivity index (χ0n) is 18.2. The number of benzene rings is 2. The zero-order valence-corrected chi connectivity index (χ0v) is 19.0. The molecule has 7 nitrogen and oxygen atoms in total. The molecule has 32 heavy (non-hydrogen) atoms. The van der Waals surface area contributed by atoms with Crippen LogP contribution in [0.5, 0.6) is 5.75 Å². The van der Waals surface area contributed by atoms with Crippen LogP contribution in [0.15, 0.2) is 41.0 Å². The number of fused-ring (bicyclic) bond motifs is 3. The van der Waals surface area contributed by atoms with Crippen molar-refractivity contribution < 1.29 is 18.1 Å². The molecule has 0 radical (unpaired) electrons. The summed E-state index contributed by atoms with van der Waals surface area (Å²) in [7, 11) is -2.29. The van der Waals surface area contributed by atoms with Crippen molar-refractivity contribution in [3.05, 3.63) is 48.0 Å². The van der Waals surface area contributed by atoms with Crippen LogP contribution in [0, 0.1) is 18.7 Å². The lowest BCUT2D eigenvalue weighted by molar-refractivity contribution is -0.0106. The Morgan fingerprint density at radius 1 is 1.22 bits per heavy atom. The Labute approximate surface area is 186 Å². The molecule has 1 saturated carbocycles. The third-order valence-corrected chi connectivity index (χ3v) is 6.46. The van der Waals surface area contributed by atoms with Crippen molar-refractivity contribution in [3.8, 4) is 5.75 Å². The summed E-state index contributed by atoms with van der Waals surface area (Å²) < 4.78 is 42.4. The lowest BCUT2D eigenvalue weighted by atomic mass is 10.1. The minimum atomic E-state index is -2.29. The number of rotatable bonds is 5. The molecular formula is C23H25FN4O3S. The number of anilines is 2. The van der Waals surface area contributed by atoms with Gasteiger partial charge in [-0.3, -0.25) is 0 Å². The third kappa shape index (κ3) is 4.27. The van der Waals surface area contributed by atoms with Gasteiger partial charge in [-0.1, -0.05) is 0 Å². The smallest absolute Gasteiger partial charge is 0.146 e. The zero-order chi connectivity index (χ0) is 22.5. The van der Waals surface area contributed by atoms with Crippen molar-refractivity contribution in [1.29, 1.82) is 0 Å². The molecule has 3 aromatic rings. The van der Waals surface area contributed by atoms with E-state index >= 15 is 0 Å². The van der Waals surface area contributed by atoms with E-state index in [2.05, 4.69) is 19.6 Å².